The van der Waals surface area contributed by atoms with Gasteiger partial charge in [0.15, 0.2) is 12.2 Å². The number of rotatable bonds is 76. The Kier molecular flexibility index (Phi) is 71.2. The lowest BCUT2D eigenvalue weighted by molar-refractivity contribution is -0.161. The van der Waals surface area contributed by atoms with Crippen molar-refractivity contribution in [2.45, 2.75) is 380 Å². The highest BCUT2D eigenvalue weighted by molar-refractivity contribution is 7.47. The average Bonchev–Trinajstić information content (AvgIpc) is 1.01. The highest BCUT2D eigenvalue weighted by Gasteiger charge is 2.30. The van der Waals surface area contributed by atoms with E-state index in [0.717, 1.165) is 128 Å². The topological polar surface area (TPSA) is 237 Å². The van der Waals surface area contributed by atoms with Crippen LogP contribution in [0.15, 0.2) is 72.9 Å². The number of aliphatic hydroxyl groups is 1. The van der Waals surface area contributed by atoms with Crippen molar-refractivity contribution < 1.29 is 80.2 Å². The Morgan fingerprint density at radius 1 is 0.290 bits per heavy atom. The lowest BCUT2D eigenvalue weighted by atomic mass is 10.0. The maximum absolute atomic E-state index is 13.1. The maximum atomic E-state index is 13.1. The number of carbonyl (C=O) groups is 4. The Labute approximate surface area is 609 Å². The number of carbonyl (C=O) groups excluding carboxylic acids is 4. The molecular weight excluding hydrogens is 1310 g/mol. The van der Waals surface area contributed by atoms with Crippen LogP contribution in [0.4, 0.5) is 0 Å². The second-order valence-corrected chi connectivity index (χ2v) is 29.9. The molecule has 0 heterocycles. The molecule has 5 atom stereocenters. The van der Waals surface area contributed by atoms with E-state index in [1.807, 2.05) is 0 Å². The summed E-state index contributed by atoms with van der Waals surface area (Å²) >= 11 is 0. The van der Waals surface area contributed by atoms with E-state index in [4.69, 9.17) is 37.0 Å². The summed E-state index contributed by atoms with van der Waals surface area (Å²) in [5.41, 5.74) is 0. The van der Waals surface area contributed by atoms with Gasteiger partial charge in [-0.15, -0.1) is 0 Å². The highest BCUT2D eigenvalue weighted by atomic mass is 31.2. The molecule has 19 heteroatoms. The number of ether oxygens (including phenoxy) is 4. The molecule has 0 bridgehead atoms. The average molecular weight is 1450 g/mol. The number of allylic oxidation sites excluding steroid dienone is 12. The summed E-state index contributed by atoms with van der Waals surface area (Å²) in [6.45, 7) is 4.75. The van der Waals surface area contributed by atoms with Crippen molar-refractivity contribution in [1.29, 1.82) is 0 Å². The SMILES string of the molecule is CC/C=C\C/C=C\C/C=C\C/C=C\CCCCC(=O)OCC(COP(=O)(O)OCC(O)COP(=O)(O)OCC(COC(=O)CCCCCCCCCCCCCCCCC)OC(=O)CCCCCCCCCCCCCCCCC)OC(=O)CCCCCCC/C=C\C/C=C\CCCCC. The van der Waals surface area contributed by atoms with Gasteiger partial charge < -0.3 is 33.8 Å². The molecule has 3 N–H and O–H groups in total. The summed E-state index contributed by atoms with van der Waals surface area (Å²) in [7, 11) is -9.95. The minimum atomic E-state index is -4.98. The molecule has 0 radical (unpaired) electrons. The number of phosphoric ester groups is 2. The highest BCUT2D eigenvalue weighted by Crippen LogP contribution is 2.45. The van der Waals surface area contributed by atoms with Crippen LogP contribution >= 0.6 is 15.6 Å². The first kappa shape index (κ1) is 96.5. The smallest absolute Gasteiger partial charge is 0.462 e. The number of unbranched alkanes of at least 4 members (excludes halogenated alkanes) is 38. The van der Waals surface area contributed by atoms with Gasteiger partial charge in [-0.25, -0.2) is 9.13 Å². The lowest BCUT2D eigenvalue weighted by Crippen LogP contribution is -2.30. The van der Waals surface area contributed by atoms with Gasteiger partial charge in [-0.2, -0.15) is 0 Å². The number of aliphatic hydroxyl groups excluding tert-OH is 1. The molecule has 0 aliphatic heterocycles. The van der Waals surface area contributed by atoms with Gasteiger partial charge in [0, 0.05) is 25.7 Å². The molecule has 5 unspecified atom stereocenters. The van der Waals surface area contributed by atoms with Gasteiger partial charge in [0.25, 0.3) is 0 Å². The van der Waals surface area contributed by atoms with Crippen LogP contribution in [0.3, 0.4) is 0 Å². The molecule has 0 aromatic rings. The maximum Gasteiger partial charge on any atom is 0.472 e. The van der Waals surface area contributed by atoms with Crippen molar-refractivity contribution in [2.24, 2.45) is 0 Å². The van der Waals surface area contributed by atoms with Gasteiger partial charge >= 0.3 is 39.5 Å². The first-order chi connectivity index (χ1) is 48.7. The number of esters is 4. The van der Waals surface area contributed by atoms with Crippen LogP contribution in [0.25, 0.3) is 0 Å². The minimum Gasteiger partial charge on any atom is -0.462 e. The molecule has 0 aliphatic carbocycles. The Bertz CT molecular complexity index is 2180. The summed E-state index contributed by atoms with van der Waals surface area (Å²) in [5.74, 6) is -2.20. The summed E-state index contributed by atoms with van der Waals surface area (Å²) in [5, 5.41) is 10.6. The van der Waals surface area contributed by atoms with Gasteiger partial charge in [0.05, 0.1) is 26.4 Å². The van der Waals surface area contributed by atoms with Crippen LogP contribution in [-0.2, 0) is 65.4 Å². The zero-order valence-electron chi connectivity index (χ0n) is 63.6. The van der Waals surface area contributed by atoms with Crippen molar-refractivity contribution in [3.8, 4) is 0 Å². The summed E-state index contributed by atoms with van der Waals surface area (Å²) in [6, 6.07) is 0. The fraction of sp³-hybridized carbons (Fsp3) is 0.802. The number of hydrogen-bond donors (Lipinski definition) is 3. The second-order valence-electron chi connectivity index (χ2n) is 27.0. The van der Waals surface area contributed by atoms with Crippen LogP contribution in [0.5, 0.6) is 0 Å². The minimum absolute atomic E-state index is 0.0720. The van der Waals surface area contributed by atoms with E-state index in [9.17, 15) is 43.2 Å². The van der Waals surface area contributed by atoms with Crippen LogP contribution in [-0.4, -0.2) is 96.7 Å². The second kappa shape index (κ2) is 73.8. The molecule has 0 fully saturated rings. The van der Waals surface area contributed by atoms with Crippen LogP contribution in [0.1, 0.15) is 362 Å². The van der Waals surface area contributed by atoms with E-state index in [0.29, 0.717) is 25.7 Å². The molecule has 0 saturated heterocycles. The zero-order valence-corrected chi connectivity index (χ0v) is 65.4. The van der Waals surface area contributed by atoms with E-state index in [1.54, 1.807) is 0 Å². The van der Waals surface area contributed by atoms with Crippen molar-refractivity contribution >= 4 is 39.5 Å². The fourth-order valence-corrected chi connectivity index (χ4v) is 12.6. The van der Waals surface area contributed by atoms with E-state index in [-0.39, 0.29) is 25.7 Å². The van der Waals surface area contributed by atoms with Crippen molar-refractivity contribution in [3.05, 3.63) is 72.9 Å². The molecular formula is C81H146O17P2. The lowest BCUT2D eigenvalue weighted by Gasteiger charge is -2.21. The Morgan fingerprint density at radius 3 is 0.840 bits per heavy atom. The van der Waals surface area contributed by atoms with Crippen LogP contribution in [0.2, 0.25) is 0 Å². The molecule has 100 heavy (non-hydrogen) atoms. The van der Waals surface area contributed by atoms with Crippen molar-refractivity contribution in [3.63, 3.8) is 0 Å². The summed E-state index contributed by atoms with van der Waals surface area (Å²) in [6.07, 6.45) is 74.5. The van der Waals surface area contributed by atoms with E-state index >= 15 is 0 Å². The van der Waals surface area contributed by atoms with E-state index < -0.39 is 97.5 Å². The van der Waals surface area contributed by atoms with Gasteiger partial charge in [-0.05, 0) is 96.3 Å². The van der Waals surface area contributed by atoms with Crippen molar-refractivity contribution in [1.82, 2.24) is 0 Å². The predicted molar refractivity (Wildman–Crippen MR) is 409 cm³/mol. The van der Waals surface area contributed by atoms with Crippen molar-refractivity contribution in [2.75, 3.05) is 39.6 Å². The van der Waals surface area contributed by atoms with Gasteiger partial charge in [-0.3, -0.25) is 37.3 Å². The van der Waals surface area contributed by atoms with E-state index in [2.05, 4.69) is 101 Å². The van der Waals surface area contributed by atoms with Crippen LogP contribution in [0, 0.1) is 0 Å². The molecule has 0 aromatic heterocycles. The molecule has 582 valence electrons. The third-order valence-electron chi connectivity index (χ3n) is 17.2. The number of phosphoric acid groups is 2. The number of hydrogen-bond acceptors (Lipinski definition) is 15. The first-order valence-corrected chi connectivity index (χ1v) is 43.2. The molecule has 0 aromatic carbocycles. The zero-order chi connectivity index (χ0) is 73.2. The van der Waals surface area contributed by atoms with Gasteiger partial charge in [-0.1, -0.05) is 312 Å². The molecule has 0 aliphatic rings. The molecule has 0 rings (SSSR count). The Morgan fingerprint density at radius 2 is 0.520 bits per heavy atom. The van der Waals surface area contributed by atoms with Gasteiger partial charge in [0.2, 0.25) is 0 Å². The quantitative estimate of drug-likeness (QED) is 0.0169. The Hall–Kier alpha value is -3.50. The molecule has 0 spiro atoms. The van der Waals surface area contributed by atoms with Crippen LogP contribution < -0.4 is 0 Å². The Balaban J connectivity index is 5.36. The monoisotopic (exact) mass is 1450 g/mol. The van der Waals surface area contributed by atoms with Gasteiger partial charge in [0.1, 0.15) is 19.3 Å². The standard InChI is InChI=1S/C81H146O17P2/c1-5-9-13-17-21-25-29-33-37-41-45-49-53-57-61-65-78(83)91-71-76(97-80(85)67-63-59-55-51-47-43-39-35-31-27-23-19-15-11-7-3)73-95-99(87,88)93-69-75(82)70-94-100(89,90)96-74-77(98-81(86)68-64-60-56-52-48-44-40-36-32-28-24-20-16-12-8-4)72-92-79(84)66-62-58-54-50-46-42-38-34-30-26-22-18-14-10-6-2/h9,13,21,23,25,27,33,35,37,39,45,49,75-77,82H,5-8,10-12,14-20,22,24,26,28-32,34,36,38,40-44,46-48,50-74H2,1-4H3,(H,87,88)(H,89,90)/b13-9-,25-21-,27-23-,37-33-,39-35-,49-45-. The molecule has 0 saturated carbocycles. The third-order valence-corrected chi connectivity index (χ3v) is 19.1. The third kappa shape index (κ3) is 72.8. The first-order valence-electron chi connectivity index (χ1n) is 40.2. The summed E-state index contributed by atoms with van der Waals surface area (Å²) in [4.78, 5) is 73.0. The van der Waals surface area contributed by atoms with E-state index in [1.165, 1.54) is 154 Å². The predicted octanol–water partition coefficient (Wildman–Crippen LogP) is 23.2. The molecule has 0 amide bonds. The summed E-state index contributed by atoms with van der Waals surface area (Å²) < 4.78 is 68.6. The largest absolute Gasteiger partial charge is 0.472 e. The fourth-order valence-electron chi connectivity index (χ4n) is 11.1. The normalized spacial score (nSPS) is 14.3. The molecule has 17 nitrogen and oxygen atoms in total.